The zero-order valence-corrected chi connectivity index (χ0v) is 12.8. The number of nitriles is 1. The second kappa shape index (κ2) is 5.60. The maximum absolute atomic E-state index is 12.5. The van der Waals surface area contributed by atoms with Crippen molar-refractivity contribution in [1.82, 2.24) is 5.01 Å². The van der Waals surface area contributed by atoms with Crippen LogP contribution in [0.5, 0.6) is 5.75 Å². The standard InChI is InChI=1S/C18H15N3O3/c19-7-8-24-14-5-1-11(2-6-14)10-20-21-17(22)15-12-3-4-13(9-12)16(15)18(21)23/h1-6,10,12-13,15-16H,8-9H2/t12-,13-,15-,16+/m0/s1. The molecule has 1 aliphatic heterocycles. The maximum atomic E-state index is 12.5. The Hall–Kier alpha value is -2.94. The highest BCUT2D eigenvalue weighted by Gasteiger charge is 2.59. The second-order valence-corrected chi connectivity index (χ2v) is 6.25. The van der Waals surface area contributed by atoms with Crippen molar-refractivity contribution in [2.45, 2.75) is 6.42 Å². The van der Waals surface area contributed by atoms with Crippen LogP contribution in [0, 0.1) is 35.0 Å². The summed E-state index contributed by atoms with van der Waals surface area (Å²) < 4.78 is 5.17. The van der Waals surface area contributed by atoms with E-state index in [9.17, 15) is 9.59 Å². The van der Waals surface area contributed by atoms with Gasteiger partial charge in [-0.2, -0.15) is 15.4 Å². The Morgan fingerprint density at radius 3 is 2.38 bits per heavy atom. The van der Waals surface area contributed by atoms with Gasteiger partial charge in [-0.05, 0) is 48.1 Å². The van der Waals surface area contributed by atoms with E-state index in [1.165, 1.54) is 6.21 Å². The molecule has 2 fully saturated rings. The van der Waals surface area contributed by atoms with E-state index >= 15 is 0 Å². The van der Waals surface area contributed by atoms with Gasteiger partial charge in [-0.3, -0.25) is 9.59 Å². The van der Waals surface area contributed by atoms with Crippen molar-refractivity contribution in [3.8, 4) is 11.8 Å². The Labute approximate surface area is 139 Å². The molecule has 0 radical (unpaired) electrons. The number of hydrogen-bond donors (Lipinski definition) is 0. The number of allylic oxidation sites excluding steroid dienone is 2. The molecule has 3 aliphatic rings. The lowest BCUT2D eigenvalue weighted by atomic mass is 9.85. The molecule has 6 heteroatoms. The molecule has 24 heavy (non-hydrogen) atoms. The molecule has 1 aromatic rings. The lowest BCUT2D eigenvalue weighted by molar-refractivity contribution is -0.140. The number of carbonyl (C=O) groups is 2. The molecule has 4 atom stereocenters. The summed E-state index contributed by atoms with van der Waals surface area (Å²) in [5, 5.41) is 13.6. The average molecular weight is 321 g/mol. The fourth-order valence-electron chi connectivity index (χ4n) is 3.89. The van der Waals surface area contributed by atoms with E-state index in [2.05, 4.69) is 17.3 Å². The molecule has 0 aromatic heterocycles. The molecule has 0 unspecified atom stereocenters. The molecule has 6 nitrogen and oxygen atoms in total. The maximum Gasteiger partial charge on any atom is 0.254 e. The normalized spacial score (nSPS) is 30.2. The van der Waals surface area contributed by atoms with E-state index in [1.54, 1.807) is 24.3 Å². The number of nitrogens with zero attached hydrogens (tertiary/aromatic N) is 3. The van der Waals surface area contributed by atoms with Gasteiger partial charge in [-0.15, -0.1) is 0 Å². The summed E-state index contributed by atoms with van der Waals surface area (Å²) >= 11 is 0. The van der Waals surface area contributed by atoms with Crippen LogP contribution in [0.25, 0.3) is 0 Å². The van der Waals surface area contributed by atoms with Crippen LogP contribution in [0.15, 0.2) is 41.5 Å². The Kier molecular flexibility index (Phi) is 3.42. The molecule has 1 saturated heterocycles. The molecular weight excluding hydrogens is 306 g/mol. The number of hydrogen-bond acceptors (Lipinski definition) is 5. The van der Waals surface area contributed by atoms with Crippen LogP contribution in [0.2, 0.25) is 0 Å². The predicted molar refractivity (Wildman–Crippen MR) is 84.7 cm³/mol. The van der Waals surface area contributed by atoms with Gasteiger partial charge in [0, 0.05) is 0 Å². The third-order valence-corrected chi connectivity index (χ3v) is 4.95. The summed E-state index contributed by atoms with van der Waals surface area (Å²) in [4.78, 5) is 25.0. The first kappa shape index (κ1) is 14.6. The van der Waals surface area contributed by atoms with E-state index in [4.69, 9.17) is 10.00 Å². The van der Waals surface area contributed by atoms with E-state index in [1.807, 2.05) is 6.07 Å². The monoisotopic (exact) mass is 321 g/mol. The van der Waals surface area contributed by atoms with Gasteiger partial charge in [0.05, 0.1) is 18.1 Å². The summed E-state index contributed by atoms with van der Waals surface area (Å²) in [5.41, 5.74) is 0.748. The average Bonchev–Trinajstić information content (AvgIpc) is 3.27. The minimum absolute atomic E-state index is 0.0106. The smallest absolute Gasteiger partial charge is 0.254 e. The Bertz CT molecular complexity index is 761. The van der Waals surface area contributed by atoms with Crippen molar-refractivity contribution in [2.24, 2.45) is 28.8 Å². The second-order valence-electron chi connectivity index (χ2n) is 6.25. The molecule has 1 heterocycles. The summed E-state index contributed by atoms with van der Waals surface area (Å²) in [5.74, 6) is 0.123. The number of hydrazone groups is 1. The van der Waals surface area contributed by atoms with Crippen LogP contribution < -0.4 is 4.74 Å². The number of rotatable bonds is 4. The van der Waals surface area contributed by atoms with Gasteiger partial charge < -0.3 is 4.74 Å². The molecule has 4 rings (SSSR count). The van der Waals surface area contributed by atoms with Gasteiger partial charge in [-0.1, -0.05) is 12.2 Å². The van der Waals surface area contributed by atoms with Crippen molar-refractivity contribution >= 4 is 18.0 Å². The highest BCUT2D eigenvalue weighted by Crippen LogP contribution is 2.52. The zero-order valence-electron chi connectivity index (χ0n) is 12.8. The van der Waals surface area contributed by atoms with Gasteiger partial charge in [0.1, 0.15) is 11.8 Å². The highest BCUT2D eigenvalue weighted by molar-refractivity contribution is 6.06. The van der Waals surface area contributed by atoms with Crippen LogP contribution in [-0.4, -0.2) is 29.6 Å². The minimum atomic E-state index is -0.230. The molecule has 2 aliphatic carbocycles. The van der Waals surface area contributed by atoms with Gasteiger partial charge in [0.15, 0.2) is 6.61 Å². The lowest BCUT2D eigenvalue weighted by Crippen LogP contribution is -2.28. The molecule has 0 spiro atoms. The molecule has 1 aromatic carbocycles. The van der Waals surface area contributed by atoms with Crippen molar-refractivity contribution in [3.63, 3.8) is 0 Å². The van der Waals surface area contributed by atoms with Gasteiger partial charge in [0.25, 0.3) is 11.8 Å². The van der Waals surface area contributed by atoms with Crippen LogP contribution in [-0.2, 0) is 9.59 Å². The zero-order chi connectivity index (χ0) is 16.7. The Morgan fingerprint density at radius 2 is 1.79 bits per heavy atom. The molecule has 1 saturated carbocycles. The molecule has 2 amide bonds. The molecule has 2 bridgehead atoms. The number of imide groups is 1. The minimum Gasteiger partial charge on any atom is -0.479 e. The fourth-order valence-corrected chi connectivity index (χ4v) is 3.89. The quantitative estimate of drug-likeness (QED) is 0.480. The van der Waals surface area contributed by atoms with Crippen LogP contribution >= 0.6 is 0 Å². The third kappa shape index (κ3) is 2.21. The highest BCUT2D eigenvalue weighted by atomic mass is 16.5. The van der Waals surface area contributed by atoms with E-state index in [-0.39, 0.29) is 42.1 Å². The number of benzene rings is 1. The van der Waals surface area contributed by atoms with Crippen molar-refractivity contribution < 1.29 is 14.3 Å². The van der Waals surface area contributed by atoms with E-state index < -0.39 is 0 Å². The summed E-state index contributed by atoms with van der Waals surface area (Å²) in [6.07, 6.45) is 6.53. The van der Waals surface area contributed by atoms with Crippen molar-refractivity contribution in [3.05, 3.63) is 42.0 Å². The first-order chi connectivity index (χ1) is 11.7. The Balaban J connectivity index is 1.48. The predicted octanol–water partition coefficient (Wildman–Crippen LogP) is 1.73. The topological polar surface area (TPSA) is 82.8 Å². The fraction of sp³-hybridized carbons (Fsp3) is 0.333. The summed E-state index contributed by atoms with van der Waals surface area (Å²) in [6, 6.07) is 8.84. The van der Waals surface area contributed by atoms with Crippen LogP contribution in [0.4, 0.5) is 0 Å². The first-order valence-electron chi connectivity index (χ1n) is 7.89. The van der Waals surface area contributed by atoms with E-state index in [0.29, 0.717) is 5.75 Å². The van der Waals surface area contributed by atoms with Crippen LogP contribution in [0.3, 0.4) is 0 Å². The summed E-state index contributed by atoms with van der Waals surface area (Å²) in [7, 11) is 0. The van der Waals surface area contributed by atoms with Crippen molar-refractivity contribution in [2.75, 3.05) is 6.61 Å². The third-order valence-electron chi connectivity index (χ3n) is 4.95. The Morgan fingerprint density at radius 1 is 1.17 bits per heavy atom. The number of fused-ring (bicyclic) bond motifs is 5. The van der Waals surface area contributed by atoms with Gasteiger partial charge in [-0.25, -0.2) is 0 Å². The first-order valence-corrected chi connectivity index (χ1v) is 7.89. The molecule has 120 valence electrons. The van der Waals surface area contributed by atoms with Gasteiger partial charge >= 0.3 is 0 Å². The van der Waals surface area contributed by atoms with E-state index in [0.717, 1.165) is 17.0 Å². The number of amides is 2. The van der Waals surface area contributed by atoms with Crippen LogP contribution in [0.1, 0.15) is 12.0 Å². The largest absolute Gasteiger partial charge is 0.479 e. The SMILES string of the molecule is N#CCOc1ccc(C=NN2C(=O)[C@@H]3[C@H](C2=O)[C@H]2C=C[C@H]3C2)cc1. The number of carbonyl (C=O) groups excluding carboxylic acids is 2. The summed E-state index contributed by atoms with van der Waals surface area (Å²) in [6.45, 7) is -0.0106. The van der Waals surface area contributed by atoms with Crippen molar-refractivity contribution in [1.29, 1.82) is 5.26 Å². The lowest BCUT2D eigenvalue weighted by Gasteiger charge is -2.13. The van der Waals surface area contributed by atoms with Gasteiger partial charge in [0.2, 0.25) is 0 Å². The number of ether oxygens (including phenoxy) is 1. The molecular formula is C18H15N3O3. The molecule has 0 N–H and O–H groups in total.